The van der Waals surface area contributed by atoms with Gasteiger partial charge in [-0.2, -0.15) is 10.4 Å². The normalized spacial score (nSPS) is 11.7. The Labute approximate surface area is 159 Å². The third-order valence-corrected chi connectivity index (χ3v) is 4.46. The van der Waals surface area contributed by atoms with Gasteiger partial charge in [0.05, 0.1) is 17.5 Å². The van der Waals surface area contributed by atoms with Crippen molar-refractivity contribution < 1.29 is 0 Å². The van der Waals surface area contributed by atoms with Gasteiger partial charge in [0.15, 0.2) is 0 Å². The van der Waals surface area contributed by atoms with Crippen LogP contribution in [0.5, 0.6) is 0 Å². The molecule has 0 bridgehead atoms. The lowest BCUT2D eigenvalue weighted by molar-refractivity contribution is 0.589. The summed E-state index contributed by atoms with van der Waals surface area (Å²) in [7, 11) is 0. The molecule has 0 spiro atoms. The number of nitrogens with one attached hydrogen (secondary N) is 1. The van der Waals surface area contributed by atoms with Gasteiger partial charge in [-0.15, -0.1) is 0 Å². The topological polar surface area (TPSA) is 105 Å². The Morgan fingerprint density at radius 1 is 1.35 bits per heavy atom. The molecule has 0 aliphatic rings. The van der Waals surface area contributed by atoms with E-state index in [2.05, 4.69) is 52.4 Å². The zero-order chi connectivity index (χ0) is 18.4. The van der Waals surface area contributed by atoms with Crippen LogP contribution in [0.1, 0.15) is 29.3 Å². The highest BCUT2D eigenvalue weighted by atomic mass is 79.9. The minimum absolute atomic E-state index is 0.497. The zero-order valence-electron chi connectivity index (χ0n) is 14.2. The molecule has 9 heteroatoms. The lowest BCUT2D eigenvalue weighted by Gasteiger charge is -2.14. The Hall–Kier alpha value is -2.86. The van der Waals surface area contributed by atoms with Gasteiger partial charge in [-0.1, -0.05) is 0 Å². The molecule has 3 aromatic rings. The second kappa shape index (κ2) is 8.49. The molecule has 0 aliphatic carbocycles. The lowest BCUT2D eigenvalue weighted by Crippen LogP contribution is -2.13. The van der Waals surface area contributed by atoms with Crippen LogP contribution in [0, 0.1) is 18.3 Å². The standard InChI is InChI=1S/C17H17BrN8/c1-12-9-23-17(22-6-3-7-26-11-20-10-24-26)25-15(12)13(8-19)16-14(18)4-2-5-21-16/h2,4-5,9-11,13H,3,6-7H2,1H3,(H,22,23,25). The van der Waals surface area contributed by atoms with Crippen molar-refractivity contribution in [3.8, 4) is 6.07 Å². The minimum atomic E-state index is -0.565. The van der Waals surface area contributed by atoms with Crippen LogP contribution in [-0.4, -0.2) is 36.3 Å². The monoisotopic (exact) mass is 412 g/mol. The van der Waals surface area contributed by atoms with Crippen LogP contribution in [0.4, 0.5) is 5.95 Å². The number of halogens is 1. The van der Waals surface area contributed by atoms with Gasteiger partial charge in [-0.3, -0.25) is 9.67 Å². The average Bonchev–Trinajstić information content (AvgIpc) is 3.16. The molecular weight excluding hydrogens is 396 g/mol. The zero-order valence-corrected chi connectivity index (χ0v) is 15.8. The smallest absolute Gasteiger partial charge is 0.222 e. The number of hydrogen-bond donors (Lipinski definition) is 1. The fourth-order valence-corrected chi connectivity index (χ4v) is 2.97. The van der Waals surface area contributed by atoms with Crippen molar-refractivity contribution >= 4 is 21.9 Å². The molecule has 1 atom stereocenters. The van der Waals surface area contributed by atoms with Crippen molar-refractivity contribution in [3.63, 3.8) is 0 Å². The Balaban J connectivity index is 1.72. The number of rotatable bonds is 7. The molecule has 1 N–H and O–H groups in total. The first-order chi connectivity index (χ1) is 12.7. The SMILES string of the molecule is Cc1cnc(NCCCn2cncn2)nc1C(C#N)c1ncccc1Br. The average molecular weight is 413 g/mol. The molecule has 26 heavy (non-hydrogen) atoms. The number of pyridine rings is 1. The third-order valence-electron chi connectivity index (χ3n) is 3.79. The van der Waals surface area contributed by atoms with Crippen molar-refractivity contribution in [2.24, 2.45) is 0 Å². The molecule has 0 amide bonds. The van der Waals surface area contributed by atoms with E-state index in [1.807, 2.05) is 19.1 Å². The molecular formula is C17H17BrN8. The largest absolute Gasteiger partial charge is 0.354 e. The Morgan fingerprint density at radius 3 is 2.96 bits per heavy atom. The fourth-order valence-electron chi connectivity index (χ4n) is 2.48. The van der Waals surface area contributed by atoms with Gasteiger partial charge in [0.25, 0.3) is 0 Å². The van der Waals surface area contributed by atoms with E-state index < -0.39 is 5.92 Å². The van der Waals surface area contributed by atoms with Gasteiger partial charge >= 0.3 is 0 Å². The fraction of sp³-hybridized carbons (Fsp3) is 0.294. The van der Waals surface area contributed by atoms with E-state index in [0.717, 1.165) is 23.0 Å². The molecule has 132 valence electrons. The third kappa shape index (κ3) is 4.21. The van der Waals surface area contributed by atoms with E-state index in [0.29, 0.717) is 23.9 Å². The second-order valence-electron chi connectivity index (χ2n) is 5.63. The Kier molecular flexibility index (Phi) is 5.86. The summed E-state index contributed by atoms with van der Waals surface area (Å²) < 4.78 is 2.56. The Morgan fingerprint density at radius 2 is 2.23 bits per heavy atom. The summed E-state index contributed by atoms with van der Waals surface area (Å²) in [4.78, 5) is 17.1. The molecule has 0 radical (unpaired) electrons. The predicted octanol–water partition coefficient (Wildman–Crippen LogP) is 2.69. The van der Waals surface area contributed by atoms with Crippen LogP contribution in [0.25, 0.3) is 0 Å². The van der Waals surface area contributed by atoms with Gasteiger partial charge in [-0.05, 0) is 47.0 Å². The van der Waals surface area contributed by atoms with Gasteiger partial charge in [0.1, 0.15) is 18.6 Å². The maximum absolute atomic E-state index is 9.69. The van der Waals surface area contributed by atoms with Crippen molar-refractivity contribution in [3.05, 3.63) is 58.6 Å². The molecule has 3 rings (SSSR count). The van der Waals surface area contributed by atoms with Crippen LogP contribution in [0.15, 0.2) is 41.7 Å². The van der Waals surface area contributed by atoms with Crippen LogP contribution in [0.2, 0.25) is 0 Å². The molecule has 0 aromatic carbocycles. The maximum Gasteiger partial charge on any atom is 0.222 e. The summed E-state index contributed by atoms with van der Waals surface area (Å²) in [6.07, 6.45) is 7.44. The Bertz CT molecular complexity index is 903. The highest BCUT2D eigenvalue weighted by Gasteiger charge is 2.22. The number of aromatic nitrogens is 6. The molecule has 1 unspecified atom stereocenters. The van der Waals surface area contributed by atoms with Crippen LogP contribution in [0.3, 0.4) is 0 Å². The van der Waals surface area contributed by atoms with Crippen molar-refractivity contribution in [2.75, 3.05) is 11.9 Å². The van der Waals surface area contributed by atoms with Gasteiger partial charge in [-0.25, -0.2) is 15.0 Å². The quantitative estimate of drug-likeness (QED) is 0.594. The summed E-state index contributed by atoms with van der Waals surface area (Å²) >= 11 is 3.46. The summed E-state index contributed by atoms with van der Waals surface area (Å²) in [6, 6.07) is 5.98. The van der Waals surface area contributed by atoms with Crippen LogP contribution in [-0.2, 0) is 6.54 Å². The van der Waals surface area contributed by atoms with E-state index in [4.69, 9.17) is 0 Å². The van der Waals surface area contributed by atoms with Crippen molar-refractivity contribution in [1.82, 2.24) is 29.7 Å². The van der Waals surface area contributed by atoms with Crippen LogP contribution >= 0.6 is 15.9 Å². The molecule has 0 saturated heterocycles. The van der Waals surface area contributed by atoms with Gasteiger partial charge in [0, 0.05) is 30.0 Å². The molecule has 0 aliphatic heterocycles. The number of hydrogen-bond acceptors (Lipinski definition) is 7. The summed E-state index contributed by atoms with van der Waals surface area (Å²) in [6.45, 7) is 3.34. The number of anilines is 1. The number of nitriles is 1. The first-order valence-corrected chi connectivity index (χ1v) is 8.88. The van der Waals surface area contributed by atoms with E-state index >= 15 is 0 Å². The lowest BCUT2D eigenvalue weighted by atomic mass is 9.99. The number of aryl methyl sites for hydroxylation is 2. The predicted molar refractivity (Wildman–Crippen MR) is 99.3 cm³/mol. The summed E-state index contributed by atoms with van der Waals surface area (Å²) in [5.41, 5.74) is 2.15. The van der Waals surface area contributed by atoms with Gasteiger partial charge in [0.2, 0.25) is 5.95 Å². The minimum Gasteiger partial charge on any atom is -0.354 e. The highest BCUT2D eigenvalue weighted by molar-refractivity contribution is 9.10. The molecule has 3 heterocycles. The van der Waals surface area contributed by atoms with E-state index in [1.54, 1.807) is 23.4 Å². The first-order valence-electron chi connectivity index (χ1n) is 8.09. The van der Waals surface area contributed by atoms with Crippen LogP contribution < -0.4 is 5.32 Å². The van der Waals surface area contributed by atoms with E-state index in [-0.39, 0.29) is 0 Å². The highest BCUT2D eigenvalue weighted by Crippen LogP contribution is 2.29. The summed E-state index contributed by atoms with van der Waals surface area (Å²) in [5, 5.41) is 16.9. The van der Waals surface area contributed by atoms with E-state index in [9.17, 15) is 5.26 Å². The first kappa shape index (κ1) is 17.9. The molecule has 0 saturated carbocycles. The molecule has 0 fully saturated rings. The molecule has 3 aromatic heterocycles. The van der Waals surface area contributed by atoms with E-state index in [1.165, 1.54) is 6.33 Å². The maximum atomic E-state index is 9.69. The van der Waals surface area contributed by atoms with Crippen molar-refractivity contribution in [2.45, 2.75) is 25.8 Å². The summed E-state index contributed by atoms with van der Waals surface area (Å²) in [5.74, 6) is -0.0687. The second-order valence-corrected chi connectivity index (χ2v) is 6.49. The number of nitrogens with zero attached hydrogens (tertiary/aromatic N) is 7. The molecule has 8 nitrogen and oxygen atoms in total. The van der Waals surface area contributed by atoms with Crippen molar-refractivity contribution in [1.29, 1.82) is 5.26 Å². The van der Waals surface area contributed by atoms with Gasteiger partial charge < -0.3 is 5.32 Å².